The Morgan fingerprint density at radius 2 is 0.630 bits per heavy atom. The summed E-state index contributed by atoms with van der Waals surface area (Å²) in [7, 11) is 0. The summed E-state index contributed by atoms with van der Waals surface area (Å²) in [5, 5.41) is 9.85. The predicted octanol–water partition coefficient (Wildman–Crippen LogP) is 21.1. The molecule has 14 aromatic rings. The highest BCUT2D eigenvalue weighted by molar-refractivity contribution is 6.30. The van der Waals surface area contributed by atoms with E-state index in [9.17, 15) is 0 Å². The molecule has 3 heteroatoms. The van der Waals surface area contributed by atoms with Crippen LogP contribution in [0.5, 0.6) is 0 Å². The number of nitrogens with zero attached hydrogens (tertiary/aromatic N) is 2. The molecule has 16 rings (SSSR count). The average molecular weight is 1040 g/mol. The Hall–Kier alpha value is -9.70. The molecule has 3 heterocycles. The third-order valence-electron chi connectivity index (χ3n) is 18.3. The minimum absolute atomic E-state index is 0.215. The molecule has 2 aliphatic heterocycles. The van der Waals surface area contributed by atoms with Gasteiger partial charge in [0.25, 0.3) is 0 Å². The molecular formula is C78H58N2O. The lowest BCUT2D eigenvalue weighted by molar-refractivity contribution is 0.667. The van der Waals surface area contributed by atoms with E-state index in [1.165, 1.54) is 105 Å². The molecule has 0 aliphatic carbocycles. The number of hydrogen-bond acceptors (Lipinski definition) is 3. The molecule has 0 spiro atoms. The van der Waals surface area contributed by atoms with Crippen molar-refractivity contribution in [2.24, 2.45) is 0 Å². The van der Waals surface area contributed by atoms with Gasteiger partial charge in [-0.05, 0) is 131 Å². The Balaban J connectivity index is 1.02. The van der Waals surface area contributed by atoms with E-state index in [0.29, 0.717) is 0 Å². The second kappa shape index (κ2) is 17.9. The molecule has 0 radical (unpaired) electrons. The predicted molar refractivity (Wildman–Crippen MR) is 339 cm³/mol. The topological polar surface area (TPSA) is 19.6 Å². The second-order valence-corrected chi connectivity index (χ2v) is 23.0. The van der Waals surface area contributed by atoms with Gasteiger partial charge in [-0.1, -0.05) is 246 Å². The van der Waals surface area contributed by atoms with Crippen molar-refractivity contribution >= 4 is 88.4 Å². The fourth-order valence-electron chi connectivity index (χ4n) is 14.9. The quantitative estimate of drug-likeness (QED) is 0.141. The van der Waals surface area contributed by atoms with Crippen LogP contribution in [0.15, 0.2) is 271 Å². The van der Waals surface area contributed by atoms with Crippen molar-refractivity contribution < 1.29 is 4.42 Å². The number of para-hydroxylation sites is 4. The van der Waals surface area contributed by atoms with E-state index in [4.69, 9.17) is 4.42 Å². The molecule has 0 atom stereocenters. The van der Waals surface area contributed by atoms with Crippen LogP contribution in [0.1, 0.15) is 95.2 Å². The van der Waals surface area contributed by atoms with Crippen molar-refractivity contribution in [1.82, 2.24) is 0 Å². The molecule has 1 aromatic heterocycles. The van der Waals surface area contributed by atoms with E-state index < -0.39 is 10.8 Å². The number of benzene rings is 13. The third-order valence-corrected chi connectivity index (χ3v) is 18.3. The number of furan rings is 1. The summed E-state index contributed by atoms with van der Waals surface area (Å²) >= 11 is 0. The van der Waals surface area contributed by atoms with E-state index in [2.05, 4.69) is 304 Å². The minimum atomic E-state index is -0.678. The summed E-state index contributed by atoms with van der Waals surface area (Å²) in [6.07, 6.45) is 0. The molecule has 0 saturated carbocycles. The Morgan fingerprint density at radius 3 is 1.06 bits per heavy atom. The second-order valence-electron chi connectivity index (χ2n) is 23.0. The molecule has 2 aliphatic rings. The van der Waals surface area contributed by atoms with Crippen molar-refractivity contribution in [3.8, 4) is 0 Å². The zero-order valence-corrected chi connectivity index (χ0v) is 45.9. The van der Waals surface area contributed by atoms with Crippen molar-refractivity contribution in [2.75, 3.05) is 9.80 Å². The van der Waals surface area contributed by atoms with Crippen LogP contribution in [-0.2, 0) is 10.8 Å². The molecule has 0 unspecified atom stereocenters. The zero-order chi connectivity index (χ0) is 54.1. The molecule has 0 saturated heterocycles. The molecule has 0 fully saturated rings. The van der Waals surface area contributed by atoms with Crippen molar-refractivity contribution in [3.05, 3.63) is 323 Å². The first kappa shape index (κ1) is 47.3. The first-order valence-corrected chi connectivity index (χ1v) is 28.7. The van der Waals surface area contributed by atoms with Gasteiger partial charge in [0.05, 0.1) is 45.0 Å². The number of anilines is 6. The van der Waals surface area contributed by atoms with E-state index in [0.717, 1.165) is 39.0 Å². The maximum atomic E-state index is 6.90. The highest BCUT2D eigenvalue weighted by Gasteiger charge is 2.49. The summed E-state index contributed by atoms with van der Waals surface area (Å²) in [5.74, 6) is 0.448. The van der Waals surface area contributed by atoms with Crippen LogP contribution < -0.4 is 9.80 Å². The minimum Gasteiger partial charge on any atom is -0.456 e. The number of fused-ring (bicyclic) bond motifs is 7. The molecule has 0 amide bonds. The van der Waals surface area contributed by atoms with Crippen molar-refractivity contribution in [2.45, 2.75) is 50.4 Å². The maximum Gasteiger partial charge on any atom is 0.137 e. The van der Waals surface area contributed by atoms with Crippen LogP contribution in [0.25, 0.3) is 54.3 Å². The van der Waals surface area contributed by atoms with Crippen LogP contribution in [0, 0.1) is 0 Å². The van der Waals surface area contributed by atoms with Crippen molar-refractivity contribution in [3.63, 3.8) is 0 Å². The molecule has 3 nitrogen and oxygen atoms in total. The SMILES string of the molecule is CC(C)c1cc(N2c3ccccc3C(c3ccccc3)(c3ccccc3)c3ccccc32)c2ccc3c(C(C)C)cc(N4c5ccccc5C(c5ccccc5)(c5ccccc5)c5cc6c(cc54)oc4ccccc46)c4ccc1c2c34. The Labute approximate surface area is 472 Å². The normalized spacial score (nSPS) is 14.3. The van der Waals surface area contributed by atoms with Crippen molar-refractivity contribution in [1.29, 1.82) is 0 Å². The van der Waals surface area contributed by atoms with E-state index in [1.54, 1.807) is 0 Å². The fourth-order valence-corrected chi connectivity index (χ4v) is 14.9. The van der Waals surface area contributed by atoms with E-state index in [1.807, 2.05) is 0 Å². The lowest BCUT2D eigenvalue weighted by Gasteiger charge is -2.47. The van der Waals surface area contributed by atoms with Gasteiger partial charge in [-0.15, -0.1) is 0 Å². The van der Waals surface area contributed by atoms with Crippen LogP contribution in [0.3, 0.4) is 0 Å². The molecular weight excluding hydrogens is 981 g/mol. The van der Waals surface area contributed by atoms with Gasteiger partial charge in [-0.25, -0.2) is 0 Å². The fraction of sp³-hybridized carbons (Fsp3) is 0.103. The largest absolute Gasteiger partial charge is 0.456 e. The van der Waals surface area contributed by atoms with Crippen LogP contribution in [0.2, 0.25) is 0 Å². The highest BCUT2D eigenvalue weighted by Crippen LogP contribution is 2.62. The summed E-state index contributed by atoms with van der Waals surface area (Å²) in [6.45, 7) is 9.45. The first-order valence-electron chi connectivity index (χ1n) is 28.7. The Bertz CT molecular complexity index is 4640. The standard InChI is InChI=1S/C78H58N2O/c1-49(2)60-46-70(79-67-37-21-18-34-63(67)77(51-25-9-5-10-26-51,52-27-11-6-12-28-52)64-35-19-22-38-68(64)79)58-43-41-57-61(50(3)4)47-71(59-44-42-56(60)75(58)76(57)59)80-69-39-23-20-36-65(69)78(53-29-13-7-14-30-53,54-31-15-8-16-32-54)66-45-62-55-33-17-24-40-73(55)81-74(62)48-72(66)80/h5-50H,1-4H3. The van der Waals surface area contributed by atoms with Gasteiger partial charge in [0.15, 0.2) is 0 Å². The van der Waals surface area contributed by atoms with Gasteiger partial charge >= 0.3 is 0 Å². The molecule has 386 valence electrons. The van der Waals surface area contributed by atoms with Gasteiger partial charge < -0.3 is 14.2 Å². The Morgan fingerprint density at radius 1 is 0.272 bits per heavy atom. The molecule has 13 aromatic carbocycles. The monoisotopic (exact) mass is 1040 g/mol. The van der Waals surface area contributed by atoms with Gasteiger partial charge in [0.2, 0.25) is 0 Å². The third kappa shape index (κ3) is 6.52. The van der Waals surface area contributed by atoms with E-state index >= 15 is 0 Å². The average Bonchev–Trinajstić information content (AvgIpc) is 4.02. The van der Waals surface area contributed by atoms with Crippen LogP contribution in [0.4, 0.5) is 34.1 Å². The smallest absolute Gasteiger partial charge is 0.137 e. The van der Waals surface area contributed by atoms with Crippen LogP contribution >= 0.6 is 0 Å². The highest BCUT2D eigenvalue weighted by atomic mass is 16.3. The number of hydrogen-bond donors (Lipinski definition) is 0. The summed E-state index contributed by atoms with van der Waals surface area (Å²) in [6, 6.07) is 100. The molecule has 0 bridgehead atoms. The van der Waals surface area contributed by atoms with Crippen LogP contribution in [-0.4, -0.2) is 0 Å². The maximum absolute atomic E-state index is 6.90. The molecule has 81 heavy (non-hydrogen) atoms. The van der Waals surface area contributed by atoms with Gasteiger partial charge in [-0.3, -0.25) is 0 Å². The summed E-state index contributed by atoms with van der Waals surface area (Å²) in [4.78, 5) is 5.19. The summed E-state index contributed by atoms with van der Waals surface area (Å²) < 4.78 is 6.90. The zero-order valence-electron chi connectivity index (χ0n) is 45.9. The van der Waals surface area contributed by atoms with E-state index in [-0.39, 0.29) is 11.8 Å². The lowest BCUT2D eigenvalue weighted by atomic mass is 9.62. The lowest BCUT2D eigenvalue weighted by Crippen LogP contribution is -2.37. The Kier molecular flexibility index (Phi) is 10.5. The van der Waals surface area contributed by atoms with Gasteiger partial charge in [0.1, 0.15) is 11.2 Å². The first-order chi connectivity index (χ1) is 39.9. The summed E-state index contributed by atoms with van der Waals surface area (Å²) in [5.41, 5.74) is 20.0. The molecule has 0 N–H and O–H groups in total. The number of rotatable bonds is 8. The van der Waals surface area contributed by atoms with Gasteiger partial charge in [0, 0.05) is 27.6 Å². The van der Waals surface area contributed by atoms with Gasteiger partial charge in [-0.2, -0.15) is 0 Å².